The van der Waals surface area contributed by atoms with Gasteiger partial charge in [-0.1, -0.05) is 12.1 Å². The lowest BCUT2D eigenvalue weighted by molar-refractivity contribution is -0.601. The van der Waals surface area contributed by atoms with Gasteiger partial charge in [-0.2, -0.15) is 0 Å². The van der Waals surface area contributed by atoms with Crippen LogP contribution in [0, 0.1) is 7.14 Å². The van der Waals surface area contributed by atoms with Gasteiger partial charge in [0.25, 0.3) is 0 Å². The molecule has 0 bridgehead atoms. The van der Waals surface area contributed by atoms with Crippen molar-refractivity contribution < 1.29 is 60.8 Å². The van der Waals surface area contributed by atoms with Crippen LogP contribution in [0.3, 0.4) is 0 Å². The Morgan fingerprint density at radius 3 is 1.23 bits per heavy atom. The van der Waals surface area contributed by atoms with E-state index in [2.05, 4.69) is 74.4 Å². The van der Waals surface area contributed by atoms with Gasteiger partial charge in [0, 0.05) is 82.3 Å². The molecule has 13 heteroatoms. The van der Waals surface area contributed by atoms with E-state index in [-0.39, 0.29) is 34.3 Å². The summed E-state index contributed by atoms with van der Waals surface area (Å²) in [7, 11) is 8.45. The lowest BCUT2D eigenvalue weighted by Crippen LogP contribution is -3.62. The summed E-state index contributed by atoms with van der Waals surface area (Å²) in [6, 6.07) is 13.9. The second-order valence-electron chi connectivity index (χ2n) is 9.61. The third-order valence-electron chi connectivity index (χ3n) is 5.86. The predicted molar refractivity (Wildman–Crippen MR) is 145 cm³/mol. The molecule has 0 aromatic heterocycles. The van der Waals surface area contributed by atoms with Gasteiger partial charge in [-0.05, 0) is 12.1 Å². The molecular formula is C27H36IN4O8+. The molecule has 0 radical (unpaired) electrons. The molecule has 1 heterocycles. The van der Waals surface area contributed by atoms with Crippen LogP contribution in [-0.4, -0.2) is 122 Å². The second kappa shape index (κ2) is 15.4. The maximum Gasteiger partial charge on any atom is 0.358 e. The zero-order chi connectivity index (χ0) is 30.0. The molecule has 1 aliphatic rings. The molecule has 0 aliphatic carbocycles. The number of carbonyl (C=O) groups is 4. The van der Waals surface area contributed by atoms with E-state index in [1.54, 1.807) is 7.14 Å². The number of carboxylic acid groups (broad SMARTS) is 4. The summed E-state index contributed by atoms with van der Waals surface area (Å²) in [5, 5.41) is 34.5. The van der Waals surface area contributed by atoms with E-state index in [0.29, 0.717) is 0 Å². The molecule has 0 atom stereocenters. The maximum atomic E-state index is 10.6. The molecule has 2 aromatic rings. The minimum absolute atomic E-state index is 0.0627. The Kier molecular flexibility index (Phi) is 12.6. The average Bonchev–Trinajstić information content (AvgIpc) is 2.84. The third-order valence-corrected chi connectivity index (χ3v) is 9.03. The fourth-order valence-electron chi connectivity index (χ4n) is 3.88. The zero-order valence-corrected chi connectivity index (χ0v) is 25.2. The molecule has 40 heavy (non-hydrogen) atoms. The first-order valence-electron chi connectivity index (χ1n) is 12.3. The van der Waals surface area contributed by atoms with Crippen LogP contribution >= 0.6 is 0 Å². The molecule has 12 nitrogen and oxygen atoms in total. The fourth-order valence-corrected chi connectivity index (χ4v) is 6.89. The van der Waals surface area contributed by atoms with Crippen LogP contribution in [0.1, 0.15) is 11.1 Å². The Balaban J connectivity index is 0.000000280. The quantitative estimate of drug-likeness (QED) is 0.145. The van der Waals surface area contributed by atoms with E-state index >= 15 is 0 Å². The Morgan fingerprint density at radius 2 is 0.950 bits per heavy atom. The van der Waals surface area contributed by atoms with Crippen molar-refractivity contribution in [2.45, 2.75) is 6.42 Å². The van der Waals surface area contributed by atoms with Crippen molar-refractivity contribution in [3.05, 3.63) is 54.7 Å². The normalized spacial score (nSPS) is 11.7. The van der Waals surface area contributed by atoms with Gasteiger partial charge in [0.2, 0.25) is 0 Å². The minimum atomic E-state index is -1.23. The summed E-state index contributed by atoms with van der Waals surface area (Å²) in [5.74, 6) is -4.91. The number of carboxylic acids is 4. The molecule has 0 saturated carbocycles. The standard InChI is InChI=1S/C17H20IN2.C10H16N2O8/c1-19(2)14-7-5-12-9-13-6-8-15(20(3)4)11-17(13)18-16(12)10-14;13-7(14)3-11(4-8(15)16)1-2-12(5-9(17)18)6-10(19)20/h5-8,10-11H,9H2,1-4H3;1-6H2,(H,13,14)(H,15,16)(H,17,18)(H,19,20)/q+1;. The van der Waals surface area contributed by atoms with Crippen LogP contribution in [0.4, 0.5) is 11.4 Å². The summed E-state index contributed by atoms with van der Waals surface area (Å²) in [4.78, 5) is 48.7. The van der Waals surface area contributed by atoms with Gasteiger partial charge >= 0.3 is 45.1 Å². The van der Waals surface area contributed by atoms with Crippen molar-refractivity contribution in [3.63, 3.8) is 0 Å². The second-order valence-corrected chi connectivity index (χ2v) is 12.5. The van der Waals surface area contributed by atoms with Gasteiger partial charge in [0.05, 0.1) is 26.2 Å². The van der Waals surface area contributed by atoms with Crippen molar-refractivity contribution in [2.24, 2.45) is 0 Å². The topological polar surface area (TPSA) is 162 Å². The Hall–Kier alpha value is -3.43. The molecule has 218 valence electrons. The van der Waals surface area contributed by atoms with Crippen molar-refractivity contribution in [3.8, 4) is 0 Å². The number of halogens is 1. The SMILES string of the molecule is CN(C)c1ccc2c(c1)[I+]c1cc(N(C)C)ccc1C2.O=C(O)CN(CCN(CC(=O)O)CC(=O)O)CC(=O)O. The molecule has 0 amide bonds. The van der Waals surface area contributed by atoms with E-state index in [0.717, 1.165) is 16.2 Å². The zero-order valence-electron chi connectivity index (χ0n) is 23.0. The number of hydrogen-bond acceptors (Lipinski definition) is 8. The molecular weight excluding hydrogens is 635 g/mol. The van der Waals surface area contributed by atoms with Crippen molar-refractivity contribution in [1.29, 1.82) is 0 Å². The highest BCUT2D eigenvalue weighted by atomic mass is 127. The Morgan fingerprint density at radius 1 is 0.625 bits per heavy atom. The lowest BCUT2D eigenvalue weighted by atomic mass is 10.0. The van der Waals surface area contributed by atoms with Gasteiger partial charge in [-0.3, -0.25) is 29.0 Å². The smallest absolute Gasteiger partial charge is 0.358 e. The number of anilines is 2. The van der Waals surface area contributed by atoms with E-state index in [1.807, 2.05) is 0 Å². The van der Waals surface area contributed by atoms with E-state index < -0.39 is 50.1 Å². The van der Waals surface area contributed by atoms with Crippen LogP contribution in [0.2, 0.25) is 0 Å². The Bertz CT molecular complexity index is 1100. The van der Waals surface area contributed by atoms with Crippen molar-refractivity contribution in [2.75, 3.05) is 77.3 Å². The number of rotatable bonds is 13. The number of hydrogen-bond donors (Lipinski definition) is 4. The monoisotopic (exact) mass is 671 g/mol. The Labute approximate surface area is 243 Å². The first-order valence-corrected chi connectivity index (χ1v) is 14.5. The highest BCUT2D eigenvalue weighted by Gasteiger charge is 2.30. The van der Waals surface area contributed by atoms with Crippen LogP contribution < -0.4 is 31.0 Å². The van der Waals surface area contributed by atoms with E-state index in [9.17, 15) is 19.2 Å². The van der Waals surface area contributed by atoms with Crippen molar-refractivity contribution in [1.82, 2.24) is 9.80 Å². The summed E-state index contributed by atoms with van der Waals surface area (Å²) in [6.07, 6.45) is 1.09. The minimum Gasteiger partial charge on any atom is -0.480 e. The van der Waals surface area contributed by atoms with Gasteiger partial charge in [0.1, 0.15) is 0 Å². The molecule has 3 rings (SSSR count). The summed E-state index contributed by atoms with van der Waals surface area (Å²) in [6.45, 7) is -2.25. The summed E-state index contributed by atoms with van der Waals surface area (Å²) in [5.41, 5.74) is 5.67. The molecule has 0 unspecified atom stereocenters. The van der Waals surface area contributed by atoms with Crippen LogP contribution in [-0.2, 0) is 25.6 Å². The van der Waals surface area contributed by atoms with Crippen molar-refractivity contribution >= 4 is 35.3 Å². The first-order chi connectivity index (χ1) is 18.7. The van der Waals surface area contributed by atoms with E-state index in [4.69, 9.17) is 20.4 Å². The summed E-state index contributed by atoms with van der Waals surface area (Å²) >= 11 is -0.0627. The van der Waals surface area contributed by atoms with Gasteiger partial charge in [-0.15, -0.1) is 0 Å². The fraction of sp³-hybridized carbons (Fsp3) is 0.407. The number of aliphatic carboxylic acids is 4. The molecule has 0 spiro atoms. The highest BCUT2D eigenvalue weighted by Crippen LogP contribution is 2.20. The molecule has 0 fully saturated rings. The molecule has 0 saturated heterocycles. The average molecular weight is 672 g/mol. The first kappa shape index (κ1) is 32.8. The number of benzene rings is 2. The number of fused-ring (bicyclic) bond motifs is 2. The van der Waals surface area contributed by atoms with Gasteiger partial charge < -0.3 is 30.2 Å². The van der Waals surface area contributed by atoms with Gasteiger partial charge in [-0.25, -0.2) is 0 Å². The molecule has 1 aliphatic heterocycles. The highest BCUT2D eigenvalue weighted by molar-refractivity contribution is 5.73. The predicted octanol–water partition coefficient (Wildman–Crippen LogP) is -2.22. The van der Waals surface area contributed by atoms with Gasteiger partial charge in [0.15, 0.2) is 7.14 Å². The molecule has 2 aromatic carbocycles. The molecule has 4 N–H and O–H groups in total. The third kappa shape index (κ3) is 11.0. The van der Waals surface area contributed by atoms with Crippen LogP contribution in [0.15, 0.2) is 36.4 Å². The maximum absolute atomic E-state index is 10.6. The van der Waals surface area contributed by atoms with Crippen LogP contribution in [0.25, 0.3) is 0 Å². The summed E-state index contributed by atoms with van der Waals surface area (Å²) < 4.78 is 3.16. The lowest BCUT2D eigenvalue weighted by Gasteiger charge is -2.23. The largest absolute Gasteiger partial charge is 0.480 e. The number of nitrogens with zero attached hydrogens (tertiary/aromatic N) is 4. The van der Waals surface area contributed by atoms with Crippen LogP contribution in [0.5, 0.6) is 0 Å². The van der Waals surface area contributed by atoms with E-state index in [1.165, 1.54) is 22.5 Å².